The van der Waals surface area contributed by atoms with Crippen LogP contribution in [0.25, 0.3) is 0 Å². The van der Waals surface area contributed by atoms with Crippen molar-refractivity contribution in [1.29, 1.82) is 0 Å². The maximum absolute atomic E-state index is 6.10. The number of methoxy groups -OCH3 is 1. The van der Waals surface area contributed by atoms with E-state index in [1.165, 1.54) is 25.9 Å². The van der Waals surface area contributed by atoms with Crippen molar-refractivity contribution in [3.05, 3.63) is 18.2 Å². The van der Waals surface area contributed by atoms with Crippen LogP contribution in [-0.4, -0.2) is 45.7 Å². The summed E-state index contributed by atoms with van der Waals surface area (Å²) in [5, 5.41) is 0. The van der Waals surface area contributed by atoms with E-state index in [4.69, 9.17) is 10.5 Å². The molecule has 1 heterocycles. The summed E-state index contributed by atoms with van der Waals surface area (Å²) in [4.78, 5) is 4.67. The zero-order valence-electron chi connectivity index (χ0n) is 12.2. The van der Waals surface area contributed by atoms with Crippen molar-refractivity contribution in [2.24, 2.45) is 5.92 Å². The first-order valence-corrected chi connectivity index (χ1v) is 6.93. The third kappa shape index (κ3) is 3.53. The SMILES string of the molecule is COc1ccc(N(C)CC2CCN(C)CC2)c(N)c1. The Kier molecular flexibility index (Phi) is 4.53. The molecule has 0 bridgehead atoms. The van der Waals surface area contributed by atoms with Gasteiger partial charge in [-0.05, 0) is 51.0 Å². The average Bonchev–Trinajstić information content (AvgIpc) is 2.41. The summed E-state index contributed by atoms with van der Waals surface area (Å²) in [5.74, 6) is 1.58. The number of likely N-dealkylation sites (tertiary alicyclic amines) is 1. The van der Waals surface area contributed by atoms with Crippen molar-refractivity contribution in [2.45, 2.75) is 12.8 Å². The third-order valence-electron chi connectivity index (χ3n) is 4.02. The van der Waals surface area contributed by atoms with E-state index in [1.807, 2.05) is 18.2 Å². The molecule has 2 N–H and O–H groups in total. The zero-order chi connectivity index (χ0) is 13.8. The van der Waals surface area contributed by atoms with Crippen LogP contribution in [0.1, 0.15) is 12.8 Å². The minimum absolute atomic E-state index is 0.766. The van der Waals surface area contributed by atoms with Crippen molar-refractivity contribution in [3.63, 3.8) is 0 Å². The molecule has 1 aliphatic heterocycles. The van der Waals surface area contributed by atoms with E-state index in [0.717, 1.165) is 29.6 Å². The van der Waals surface area contributed by atoms with E-state index in [0.29, 0.717) is 0 Å². The quantitative estimate of drug-likeness (QED) is 0.844. The third-order valence-corrected chi connectivity index (χ3v) is 4.02. The van der Waals surface area contributed by atoms with E-state index in [-0.39, 0.29) is 0 Å². The molecule has 4 nitrogen and oxygen atoms in total. The molecule has 0 aliphatic carbocycles. The molecular weight excluding hydrogens is 238 g/mol. The van der Waals surface area contributed by atoms with Crippen LogP contribution >= 0.6 is 0 Å². The number of hydrogen-bond donors (Lipinski definition) is 1. The highest BCUT2D eigenvalue weighted by molar-refractivity contribution is 5.69. The topological polar surface area (TPSA) is 41.7 Å². The Labute approximate surface area is 116 Å². The second-order valence-corrected chi connectivity index (χ2v) is 5.55. The molecule has 0 unspecified atom stereocenters. The molecule has 1 aromatic carbocycles. The lowest BCUT2D eigenvalue weighted by Crippen LogP contribution is -2.35. The fraction of sp³-hybridized carbons (Fsp3) is 0.600. The minimum Gasteiger partial charge on any atom is -0.497 e. The molecule has 0 radical (unpaired) electrons. The van der Waals surface area contributed by atoms with Gasteiger partial charge >= 0.3 is 0 Å². The van der Waals surface area contributed by atoms with Gasteiger partial charge in [-0.3, -0.25) is 0 Å². The van der Waals surface area contributed by atoms with Gasteiger partial charge in [0.2, 0.25) is 0 Å². The number of hydrogen-bond acceptors (Lipinski definition) is 4. The van der Waals surface area contributed by atoms with E-state index in [1.54, 1.807) is 7.11 Å². The molecule has 1 aliphatic rings. The number of rotatable bonds is 4. The summed E-state index contributed by atoms with van der Waals surface area (Å²) in [6.07, 6.45) is 2.55. The monoisotopic (exact) mass is 263 g/mol. The number of piperidine rings is 1. The zero-order valence-corrected chi connectivity index (χ0v) is 12.2. The molecule has 1 fully saturated rings. The Morgan fingerprint density at radius 2 is 2.05 bits per heavy atom. The number of benzene rings is 1. The Bertz CT molecular complexity index is 414. The summed E-state index contributed by atoms with van der Waals surface area (Å²) in [7, 11) is 5.98. The first-order valence-electron chi connectivity index (χ1n) is 6.93. The maximum Gasteiger partial charge on any atom is 0.121 e. The first kappa shape index (κ1) is 14.0. The van der Waals surface area contributed by atoms with E-state index >= 15 is 0 Å². The van der Waals surface area contributed by atoms with Gasteiger partial charge in [0.1, 0.15) is 5.75 Å². The van der Waals surface area contributed by atoms with Crippen LogP contribution in [-0.2, 0) is 0 Å². The summed E-state index contributed by atoms with van der Waals surface area (Å²) >= 11 is 0. The van der Waals surface area contributed by atoms with Gasteiger partial charge in [0, 0.05) is 19.7 Å². The number of nitrogens with two attached hydrogens (primary N) is 1. The lowest BCUT2D eigenvalue weighted by molar-refractivity contribution is 0.222. The van der Waals surface area contributed by atoms with Crippen LogP contribution in [0.2, 0.25) is 0 Å². The molecular formula is C15H25N3O. The number of ether oxygens (including phenoxy) is 1. The number of nitrogens with zero attached hydrogens (tertiary/aromatic N) is 2. The van der Waals surface area contributed by atoms with Crippen LogP contribution in [0.15, 0.2) is 18.2 Å². The smallest absolute Gasteiger partial charge is 0.121 e. The van der Waals surface area contributed by atoms with Crippen molar-refractivity contribution in [2.75, 3.05) is 51.5 Å². The second-order valence-electron chi connectivity index (χ2n) is 5.55. The lowest BCUT2D eigenvalue weighted by atomic mass is 9.96. The Morgan fingerprint density at radius 3 is 2.63 bits per heavy atom. The van der Waals surface area contributed by atoms with Gasteiger partial charge in [0.05, 0.1) is 18.5 Å². The van der Waals surface area contributed by atoms with Crippen molar-refractivity contribution in [3.8, 4) is 5.75 Å². The highest BCUT2D eigenvalue weighted by Gasteiger charge is 2.19. The van der Waals surface area contributed by atoms with Crippen molar-refractivity contribution in [1.82, 2.24) is 4.90 Å². The number of anilines is 2. The van der Waals surface area contributed by atoms with Crippen molar-refractivity contribution >= 4 is 11.4 Å². The average molecular weight is 263 g/mol. The summed E-state index contributed by atoms with van der Waals surface area (Å²) in [6, 6.07) is 5.90. The van der Waals surface area contributed by atoms with Gasteiger partial charge in [-0.1, -0.05) is 0 Å². The fourth-order valence-corrected chi connectivity index (χ4v) is 2.74. The molecule has 2 rings (SSSR count). The van der Waals surface area contributed by atoms with Crippen LogP contribution in [0, 0.1) is 5.92 Å². The lowest BCUT2D eigenvalue weighted by Gasteiger charge is -2.32. The summed E-state index contributed by atoms with van der Waals surface area (Å²) in [6.45, 7) is 3.48. The summed E-state index contributed by atoms with van der Waals surface area (Å²) < 4.78 is 5.19. The maximum atomic E-state index is 6.10. The Balaban J connectivity index is 1.97. The van der Waals surface area contributed by atoms with Gasteiger partial charge in [-0.25, -0.2) is 0 Å². The van der Waals surface area contributed by atoms with E-state index in [2.05, 4.69) is 23.9 Å². The van der Waals surface area contributed by atoms with E-state index in [9.17, 15) is 0 Å². The number of nitrogen functional groups attached to an aromatic ring is 1. The summed E-state index contributed by atoms with van der Waals surface area (Å²) in [5.41, 5.74) is 7.98. The molecule has 0 aromatic heterocycles. The molecule has 0 amide bonds. The van der Waals surface area contributed by atoms with Crippen LogP contribution in [0.5, 0.6) is 5.75 Å². The Morgan fingerprint density at radius 1 is 1.37 bits per heavy atom. The van der Waals surface area contributed by atoms with Gasteiger partial charge in [-0.2, -0.15) is 0 Å². The van der Waals surface area contributed by atoms with E-state index < -0.39 is 0 Å². The standard InChI is InChI=1S/C15H25N3O/c1-17-8-6-12(7-9-17)11-18(2)15-5-4-13(19-3)10-14(15)16/h4-5,10,12H,6-9,11,16H2,1-3H3. The molecule has 0 saturated carbocycles. The highest BCUT2D eigenvalue weighted by atomic mass is 16.5. The molecule has 106 valence electrons. The van der Waals surface area contributed by atoms with Gasteiger partial charge < -0.3 is 20.3 Å². The first-order chi connectivity index (χ1) is 9.10. The van der Waals surface area contributed by atoms with Gasteiger partial charge in [0.15, 0.2) is 0 Å². The second kappa shape index (κ2) is 6.15. The molecule has 0 atom stereocenters. The Hall–Kier alpha value is -1.42. The normalized spacial score (nSPS) is 17.4. The highest BCUT2D eigenvalue weighted by Crippen LogP contribution is 2.28. The predicted molar refractivity (Wildman–Crippen MR) is 80.9 cm³/mol. The van der Waals surface area contributed by atoms with Gasteiger partial charge in [0.25, 0.3) is 0 Å². The fourth-order valence-electron chi connectivity index (χ4n) is 2.74. The molecule has 0 spiro atoms. The molecule has 4 heteroatoms. The molecule has 1 saturated heterocycles. The van der Waals surface area contributed by atoms with Crippen LogP contribution in [0.3, 0.4) is 0 Å². The predicted octanol–water partition coefficient (Wildman–Crippen LogP) is 2.06. The van der Waals surface area contributed by atoms with Gasteiger partial charge in [-0.15, -0.1) is 0 Å². The van der Waals surface area contributed by atoms with Crippen LogP contribution < -0.4 is 15.4 Å². The molecule has 19 heavy (non-hydrogen) atoms. The van der Waals surface area contributed by atoms with Crippen molar-refractivity contribution < 1.29 is 4.74 Å². The molecule has 1 aromatic rings. The minimum atomic E-state index is 0.766. The largest absolute Gasteiger partial charge is 0.497 e. The van der Waals surface area contributed by atoms with Crippen LogP contribution in [0.4, 0.5) is 11.4 Å².